The molecule has 16 heavy (non-hydrogen) atoms. The number of aryl methyl sites for hydroxylation is 2. The van der Waals surface area contributed by atoms with E-state index in [1.54, 1.807) is 0 Å². The minimum Gasteiger partial charge on any atom is -0.339 e. The zero-order chi connectivity index (χ0) is 11.2. The van der Waals surface area contributed by atoms with Crippen LogP contribution in [0.15, 0.2) is 4.52 Å². The summed E-state index contributed by atoms with van der Waals surface area (Å²) < 4.78 is 5.07. The van der Waals surface area contributed by atoms with E-state index in [9.17, 15) is 0 Å². The van der Waals surface area contributed by atoms with Crippen LogP contribution >= 0.6 is 0 Å². The van der Waals surface area contributed by atoms with Gasteiger partial charge in [0.05, 0.1) is 0 Å². The first-order valence-electron chi connectivity index (χ1n) is 6.37. The highest BCUT2D eigenvalue weighted by Crippen LogP contribution is 2.17. The standard InChI is InChI=1S/C12H21N3O/c1-10-14-12(16-15-10)8-5-9-13-11-6-3-2-4-7-11/h11,13H,2-9H2,1H3. The third-order valence-electron chi connectivity index (χ3n) is 3.18. The Labute approximate surface area is 96.8 Å². The quantitative estimate of drug-likeness (QED) is 0.778. The van der Waals surface area contributed by atoms with Crippen LogP contribution in [-0.4, -0.2) is 22.7 Å². The molecule has 2 rings (SSSR count). The molecule has 4 heteroatoms. The lowest BCUT2D eigenvalue weighted by molar-refractivity contribution is 0.355. The van der Waals surface area contributed by atoms with Crippen molar-refractivity contribution in [3.63, 3.8) is 0 Å². The topological polar surface area (TPSA) is 51.0 Å². The number of rotatable bonds is 5. The van der Waals surface area contributed by atoms with Crippen molar-refractivity contribution >= 4 is 0 Å². The van der Waals surface area contributed by atoms with Crippen molar-refractivity contribution in [1.29, 1.82) is 0 Å². The molecule has 90 valence electrons. The van der Waals surface area contributed by atoms with Gasteiger partial charge in [-0.15, -0.1) is 0 Å². The molecule has 1 heterocycles. The van der Waals surface area contributed by atoms with Crippen molar-refractivity contribution in [1.82, 2.24) is 15.5 Å². The zero-order valence-electron chi connectivity index (χ0n) is 10.0. The highest BCUT2D eigenvalue weighted by atomic mass is 16.5. The van der Waals surface area contributed by atoms with Crippen molar-refractivity contribution in [2.24, 2.45) is 0 Å². The van der Waals surface area contributed by atoms with Gasteiger partial charge in [0.2, 0.25) is 5.89 Å². The maximum atomic E-state index is 5.07. The minimum atomic E-state index is 0.732. The van der Waals surface area contributed by atoms with Crippen LogP contribution in [0.4, 0.5) is 0 Å². The van der Waals surface area contributed by atoms with Gasteiger partial charge in [0.25, 0.3) is 0 Å². The van der Waals surface area contributed by atoms with E-state index in [0.717, 1.165) is 37.1 Å². The summed E-state index contributed by atoms with van der Waals surface area (Å²) >= 11 is 0. The van der Waals surface area contributed by atoms with E-state index in [2.05, 4.69) is 15.5 Å². The first-order valence-corrected chi connectivity index (χ1v) is 6.37. The molecule has 0 atom stereocenters. The van der Waals surface area contributed by atoms with Gasteiger partial charge < -0.3 is 9.84 Å². The lowest BCUT2D eigenvalue weighted by Crippen LogP contribution is -2.31. The van der Waals surface area contributed by atoms with Crippen LogP contribution in [-0.2, 0) is 6.42 Å². The molecule has 0 amide bonds. The van der Waals surface area contributed by atoms with Gasteiger partial charge in [-0.25, -0.2) is 0 Å². The molecule has 0 saturated heterocycles. The average Bonchev–Trinajstić information content (AvgIpc) is 2.72. The fourth-order valence-electron chi connectivity index (χ4n) is 2.29. The second-order valence-corrected chi connectivity index (χ2v) is 4.63. The third kappa shape index (κ3) is 3.59. The molecule has 1 fully saturated rings. The smallest absolute Gasteiger partial charge is 0.226 e. The maximum absolute atomic E-state index is 5.07. The van der Waals surface area contributed by atoms with Crippen LogP contribution in [0.3, 0.4) is 0 Å². The van der Waals surface area contributed by atoms with Crippen molar-refractivity contribution in [2.75, 3.05) is 6.54 Å². The summed E-state index contributed by atoms with van der Waals surface area (Å²) in [5, 5.41) is 7.39. The van der Waals surface area contributed by atoms with Gasteiger partial charge in [0.15, 0.2) is 5.82 Å². The Balaban J connectivity index is 1.57. The normalized spacial score (nSPS) is 17.8. The molecule has 4 nitrogen and oxygen atoms in total. The number of nitrogens with one attached hydrogen (secondary N) is 1. The van der Waals surface area contributed by atoms with Gasteiger partial charge in [-0.3, -0.25) is 0 Å². The van der Waals surface area contributed by atoms with E-state index in [4.69, 9.17) is 4.52 Å². The third-order valence-corrected chi connectivity index (χ3v) is 3.18. The fraction of sp³-hybridized carbons (Fsp3) is 0.833. The Morgan fingerprint density at radius 2 is 2.12 bits per heavy atom. The van der Waals surface area contributed by atoms with Gasteiger partial charge in [-0.2, -0.15) is 4.98 Å². The van der Waals surface area contributed by atoms with E-state index in [-0.39, 0.29) is 0 Å². The number of nitrogens with zero attached hydrogens (tertiary/aromatic N) is 2. The SMILES string of the molecule is Cc1noc(CCCNC2CCCCC2)n1. The van der Waals surface area contributed by atoms with Crippen LogP contribution in [0.25, 0.3) is 0 Å². The van der Waals surface area contributed by atoms with Crippen LogP contribution in [0.1, 0.15) is 50.2 Å². The highest BCUT2D eigenvalue weighted by molar-refractivity contribution is 4.83. The second kappa shape index (κ2) is 5.99. The molecule has 0 spiro atoms. The van der Waals surface area contributed by atoms with Crippen LogP contribution in [0, 0.1) is 6.92 Å². The minimum absolute atomic E-state index is 0.732. The summed E-state index contributed by atoms with van der Waals surface area (Å²) in [6.45, 7) is 2.92. The van der Waals surface area contributed by atoms with Gasteiger partial charge in [0.1, 0.15) is 0 Å². The summed E-state index contributed by atoms with van der Waals surface area (Å²) in [7, 11) is 0. The highest BCUT2D eigenvalue weighted by Gasteiger charge is 2.12. The van der Waals surface area contributed by atoms with E-state index < -0.39 is 0 Å². The number of aromatic nitrogens is 2. The predicted molar refractivity (Wildman–Crippen MR) is 62.2 cm³/mol. The zero-order valence-corrected chi connectivity index (χ0v) is 10.0. The average molecular weight is 223 g/mol. The Bertz CT molecular complexity index is 305. The van der Waals surface area contributed by atoms with E-state index >= 15 is 0 Å². The fourth-order valence-corrected chi connectivity index (χ4v) is 2.29. The van der Waals surface area contributed by atoms with Crippen LogP contribution < -0.4 is 5.32 Å². The molecule has 0 aliphatic heterocycles. The first kappa shape index (κ1) is 11.6. The molecule has 1 aromatic rings. The van der Waals surface area contributed by atoms with E-state index in [1.807, 2.05) is 6.92 Å². The van der Waals surface area contributed by atoms with Crippen molar-refractivity contribution in [3.05, 3.63) is 11.7 Å². The van der Waals surface area contributed by atoms with Gasteiger partial charge >= 0.3 is 0 Å². The number of hydrogen-bond acceptors (Lipinski definition) is 4. The Kier molecular flexibility index (Phi) is 4.34. The molecule has 0 aromatic carbocycles. The molecule has 0 radical (unpaired) electrons. The predicted octanol–water partition coefficient (Wildman–Crippen LogP) is 2.23. The summed E-state index contributed by atoms with van der Waals surface area (Å²) in [4.78, 5) is 4.19. The maximum Gasteiger partial charge on any atom is 0.226 e. The molecule has 0 unspecified atom stereocenters. The van der Waals surface area contributed by atoms with Crippen molar-refractivity contribution in [2.45, 2.75) is 57.9 Å². The van der Waals surface area contributed by atoms with Gasteiger partial charge in [-0.1, -0.05) is 24.4 Å². The molecule has 0 bridgehead atoms. The summed E-state index contributed by atoms with van der Waals surface area (Å²) in [5.74, 6) is 1.50. The largest absolute Gasteiger partial charge is 0.339 e. The first-order chi connectivity index (χ1) is 7.84. The molecule has 1 saturated carbocycles. The molecule has 1 N–H and O–H groups in total. The number of hydrogen-bond donors (Lipinski definition) is 1. The lowest BCUT2D eigenvalue weighted by atomic mass is 9.95. The Hall–Kier alpha value is -0.900. The lowest BCUT2D eigenvalue weighted by Gasteiger charge is -2.22. The molecular weight excluding hydrogens is 202 g/mol. The molecule has 1 aromatic heterocycles. The van der Waals surface area contributed by atoms with Crippen molar-refractivity contribution in [3.8, 4) is 0 Å². The second-order valence-electron chi connectivity index (χ2n) is 4.63. The Morgan fingerprint density at radius 1 is 1.31 bits per heavy atom. The van der Waals surface area contributed by atoms with Crippen LogP contribution in [0.2, 0.25) is 0 Å². The van der Waals surface area contributed by atoms with E-state index in [1.165, 1.54) is 32.1 Å². The summed E-state index contributed by atoms with van der Waals surface area (Å²) in [6, 6.07) is 0.748. The summed E-state index contributed by atoms with van der Waals surface area (Å²) in [6.07, 6.45) is 8.86. The summed E-state index contributed by atoms with van der Waals surface area (Å²) in [5.41, 5.74) is 0. The van der Waals surface area contributed by atoms with Crippen molar-refractivity contribution < 1.29 is 4.52 Å². The van der Waals surface area contributed by atoms with Gasteiger partial charge in [0, 0.05) is 12.5 Å². The van der Waals surface area contributed by atoms with E-state index in [0.29, 0.717) is 0 Å². The molecule has 1 aliphatic carbocycles. The Morgan fingerprint density at radius 3 is 2.81 bits per heavy atom. The molecule has 1 aliphatic rings. The molecular formula is C12H21N3O. The monoisotopic (exact) mass is 223 g/mol. The van der Waals surface area contributed by atoms with Gasteiger partial charge in [-0.05, 0) is 32.7 Å². The van der Waals surface area contributed by atoms with Crippen LogP contribution in [0.5, 0.6) is 0 Å².